The third kappa shape index (κ3) is 7.08. The van der Waals surface area contributed by atoms with Crippen molar-refractivity contribution in [2.45, 2.75) is 56.7 Å². The van der Waals surface area contributed by atoms with Crippen LogP contribution in [0.4, 0.5) is 15.3 Å². The minimum Gasteiger partial charge on any atom is -0.338 e. The molecule has 12 nitrogen and oxygen atoms in total. The van der Waals surface area contributed by atoms with Crippen LogP contribution < -0.4 is 10.6 Å². The minimum absolute atomic E-state index is 0.0237. The van der Waals surface area contributed by atoms with Crippen LogP contribution >= 0.6 is 0 Å². The van der Waals surface area contributed by atoms with Gasteiger partial charge in [0.1, 0.15) is 6.04 Å². The zero-order valence-corrected chi connectivity index (χ0v) is 27.4. The summed E-state index contributed by atoms with van der Waals surface area (Å²) in [5.41, 5.74) is 3.94. The molecule has 1 atom stereocenters. The lowest BCUT2D eigenvalue weighted by atomic mass is 10.0. The molecule has 1 aromatic heterocycles. The van der Waals surface area contributed by atoms with Crippen LogP contribution in [0.25, 0.3) is 10.9 Å². The number of nitrogens with zero attached hydrogens (tertiary/aromatic N) is 6. The Morgan fingerprint density at radius 3 is 2.43 bits per heavy atom. The molecule has 0 radical (unpaired) electrons. The zero-order chi connectivity index (χ0) is 32.3. The molecule has 4 aliphatic heterocycles. The summed E-state index contributed by atoms with van der Waals surface area (Å²) in [5, 5.41) is 14.3. The van der Waals surface area contributed by atoms with E-state index in [1.165, 1.54) is 12.8 Å². The molecule has 0 bridgehead atoms. The number of urea groups is 2. The van der Waals surface area contributed by atoms with Gasteiger partial charge in [-0.3, -0.25) is 14.8 Å². The van der Waals surface area contributed by atoms with E-state index < -0.39 is 6.04 Å². The fraction of sp³-hybridized carbons (Fsp3) is 0.543. The number of hydrogen-bond acceptors (Lipinski definition) is 6. The summed E-state index contributed by atoms with van der Waals surface area (Å²) in [5.74, 6) is -0.0237. The summed E-state index contributed by atoms with van der Waals surface area (Å²) in [6.45, 7) is 7.04. The molecule has 5 amide bonds. The standard InChI is InChI=1S/C35H47N9O3/c1-40-13-9-28(10-14-40)41-18-20-42(21-19-41)33(45)32(23-25-6-7-31-27(22-25)24-36-39-31)38-34(46)43-15-11-29(12-16-43)44-17-8-26-4-2-3-5-30(26)37-35(44)47/h2-7,22,24,28-29,32H,8-21,23H2,1H3,(H,36,39)(H,37,47)(H,38,46). The number of benzene rings is 2. The molecule has 250 valence electrons. The highest BCUT2D eigenvalue weighted by molar-refractivity contribution is 5.91. The Labute approximate surface area is 276 Å². The van der Waals surface area contributed by atoms with E-state index in [1.54, 1.807) is 11.1 Å². The maximum Gasteiger partial charge on any atom is 0.322 e. The van der Waals surface area contributed by atoms with Gasteiger partial charge in [-0.25, -0.2) is 9.59 Å². The average molecular weight is 642 g/mol. The monoisotopic (exact) mass is 641 g/mol. The molecule has 7 rings (SSSR count). The molecule has 12 heteroatoms. The van der Waals surface area contributed by atoms with Gasteiger partial charge >= 0.3 is 12.1 Å². The van der Waals surface area contributed by atoms with Crippen molar-refractivity contribution < 1.29 is 14.4 Å². The minimum atomic E-state index is -0.672. The van der Waals surface area contributed by atoms with E-state index in [4.69, 9.17) is 0 Å². The predicted molar refractivity (Wildman–Crippen MR) is 181 cm³/mol. The number of aromatic amines is 1. The van der Waals surface area contributed by atoms with Gasteiger partial charge in [0.25, 0.3) is 0 Å². The van der Waals surface area contributed by atoms with Gasteiger partial charge in [-0.2, -0.15) is 5.10 Å². The van der Waals surface area contributed by atoms with E-state index >= 15 is 0 Å². The second kappa shape index (κ2) is 13.9. The first kappa shape index (κ1) is 31.4. The second-order valence-electron chi connectivity index (χ2n) is 13.6. The van der Waals surface area contributed by atoms with Crippen LogP contribution in [0, 0.1) is 0 Å². The number of carbonyl (C=O) groups is 3. The number of likely N-dealkylation sites (tertiary alicyclic amines) is 2. The summed E-state index contributed by atoms with van der Waals surface area (Å²) in [6, 6.07) is 13.7. The molecule has 0 spiro atoms. The van der Waals surface area contributed by atoms with Gasteiger partial charge < -0.3 is 30.2 Å². The number of fused-ring (bicyclic) bond motifs is 2. The van der Waals surface area contributed by atoms with Crippen molar-refractivity contribution in [3.63, 3.8) is 0 Å². The van der Waals surface area contributed by atoms with Crippen LogP contribution in [0.1, 0.15) is 36.8 Å². The number of nitrogens with one attached hydrogen (secondary N) is 3. The Balaban J connectivity index is 0.981. The molecule has 2 aromatic carbocycles. The van der Waals surface area contributed by atoms with Crippen molar-refractivity contribution in [2.75, 3.05) is 71.3 Å². The lowest BCUT2D eigenvalue weighted by Crippen LogP contribution is -2.59. The van der Waals surface area contributed by atoms with Gasteiger partial charge in [0.2, 0.25) is 5.91 Å². The molecule has 3 aromatic rings. The van der Waals surface area contributed by atoms with Crippen molar-refractivity contribution in [3.05, 3.63) is 59.8 Å². The van der Waals surface area contributed by atoms with Crippen molar-refractivity contribution in [3.8, 4) is 0 Å². The zero-order valence-electron chi connectivity index (χ0n) is 27.4. The highest BCUT2D eigenvalue weighted by Gasteiger charge is 2.35. The SMILES string of the molecule is CN1CCC(N2CCN(C(=O)C(Cc3ccc4[nH]ncc4c3)NC(=O)N3CCC(N4CCc5ccccc5NC4=O)CC3)CC2)CC1. The van der Waals surface area contributed by atoms with Crippen LogP contribution in [0.15, 0.2) is 48.7 Å². The predicted octanol–water partition coefficient (Wildman–Crippen LogP) is 2.98. The molecule has 0 saturated carbocycles. The smallest absolute Gasteiger partial charge is 0.322 e. The molecule has 5 heterocycles. The van der Waals surface area contributed by atoms with Crippen LogP contribution in [0.5, 0.6) is 0 Å². The summed E-state index contributed by atoms with van der Waals surface area (Å²) in [4.78, 5) is 51.5. The topological polar surface area (TPSA) is 120 Å². The lowest BCUT2D eigenvalue weighted by molar-refractivity contribution is -0.135. The number of hydrogen-bond donors (Lipinski definition) is 3. The number of amides is 5. The Hall–Kier alpha value is -4.16. The first-order valence-corrected chi connectivity index (χ1v) is 17.3. The van der Waals surface area contributed by atoms with Crippen LogP contribution in [0.3, 0.4) is 0 Å². The van der Waals surface area contributed by atoms with E-state index in [9.17, 15) is 14.4 Å². The Bertz CT molecular complexity index is 1570. The Morgan fingerprint density at radius 2 is 1.64 bits per heavy atom. The maximum absolute atomic E-state index is 14.1. The van der Waals surface area contributed by atoms with Gasteiger partial charge in [0.15, 0.2) is 0 Å². The molecule has 0 aliphatic carbocycles. The van der Waals surface area contributed by atoms with Crippen molar-refractivity contribution >= 4 is 34.6 Å². The van der Waals surface area contributed by atoms with E-state index in [2.05, 4.69) is 43.7 Å². The number of piperidine rings is 2. The molecular formula is C35H47N9O3. The van der Waals surface area contributed by atoms with Crippen molar-refractivity contribution in [2.24, 2.45) is 0 Å². The lowest BCUT2D eigenvalue weighted by Gasteiger charge is -2.43. The number of piperazine rings is 1. The first-order chi connectivity index (χ1) is 22.9. The van der Waals surface area contributed by atoms with E-state index in [1.807, 2.05) is 46.2 Å². The second-order valence-corrected chi connectivity index (χ2v) is 13.6. The number of H-pyrrole nitrogens is 1. The van der Waals surface area contributed by atoms with Gasteiger partial charge in [-0.15, -0.1) is 0 Å². The number of aromatic nitrogens is 2. The quantitative estimate of drug-likeness (QED) is 0.381. The molecule has 3 saturated heterocycles. The maximum atomic E-state index is 14.1. The summed E-state index contributed by atoms with van der Waals surface area (Å²) in [7, 11) is 2.18. The Kier molecular flexibility index (Phi) is 9.30. The van der Waals surface area contributed by atoms with E-state index in [0.717, 1.165) is 60.3 Å². The normalized spacial score (nSPS) is 21.3. The first-order valence-electron chi connectivity index (χ1n) is 17.3. The molecule has 3 N–H and O–H groups in total. The van der Waals surface area contributed by atoms with Gasteiger partial charge in [0.05, 0.1) is 11.7 Å². The summed E-state index contributed by atoms with van der Waals surface area (Å²) in [6.07, 6.45) is 6.74. The third-order valence-electron chi connectivity index (χ3n) is 10.7. The third-order valence-corrected chi connectivity index (χ3v) is 10.7. The summed E-state index contributed by atoms with van der Waals surface area (Å²) >= 11 is 0. The number of anilines is 1. The summed E-state index contributed by atoms with van der Waals surface area (Å²) < 4.78 is 0. The van der Waals surface area contributed by atoms with Crippen molar-refractivity contribution in [1.29, 1.82) is 0 Å². The molecule has 3 fully saturated rings. The van der Waals surface area contributed by atoms with Gasteiger partial charge in [-0.05, 0) is 81.6 Å². The van der Waals surface area contributed by atoms with E-state index in [-0.39, 0.29) is 24.0 Å². The molecule has 1 unspecified atom stereocenters. The van der Waals surface area contributed by atoms with E-state index in [0.29, 0.717) is 58.0 Å². The molecular weight excluding hydrogens is 594 g/mol. The Morgan fingerprint density at radius 1 is 0.894 bits per heavy atom. The van der Waals surface area contributed by atoms with Crippen LogP contribution in [0.2, 0.25) is 0 Å². The van der Waals surface area contributed by atoms with Crippen LogP contribution in [-0.4, -0.2) is 137 Å². The van der Waals surface area contributed by atoms with Gasteiger partial charge in [0, 0.05) is 75.4 Å². The number of rotatable bonds is 6. The van der Waals surface area contributed by atoms with Gasteiger partial charge in [-0.1, -0.05) is 24.3 Å². The van der Waals surface area contributed by atoms with Crippen LogP contribution in [-0.2, 0) is 17.6 Å². The molecule has 4 aliphatic rings. The highest BCUT2D eigenvalue weighted by Crippen LogP contribution is 2.25. The largest absolute Gasteiger partial charge is 0.338 e. The number of para-hydroxylation sites is 1. The molecule has 47 heavy (non-hydrogen) atoms. The fourth-order valence-electron chi connectivity index (χ4n) is 7.80. The van der Waals surface area contributed by atoms with Crippen molar-refractivity contribution in [1.82, 2.24) is 40.0 Å². The average Bonchev–Trinajstić information content (AvgIpc) is 3.50. The highest BCUT2D eigenvalue weighted by atomic mass is 16.2. The fourth-order valence-corrected chi connectivity index (χ4v) is 7.80. The number of carbonyl (C=O) groups excluding carboxylic acids is 3.